The highest BCUT2D eigenvalue weighted by Gasteiger charge is 2.31. The zero-order valence-electron chi connectivity index (χ0n) is 12.1. The van der Waals surface area contributed by atoms with Crippen LogP contribution in [0.4, 0.5) is 0 Å². The fourth-order valence-electron chi connectivity index (χ4n) is 2.26. The largest absolute Gasteiger partial charge is 0.460 e. The van der Waals surface area contributed by atoms with E-state index in [-0.39, 0.29) is 24.4 Å². The summed E-state index contributed by atoms with van der Waals surface area (Å²) in [5.41, 5.74) is -0.479. The van der Waals surface area contributed by atoms with Crippen molar-refractivity contribution >= 4 is 16.1 Å². The maximum Gasteiger partial charge on any atom is 0.309 e. The highest BCUT2D eigenvalue weighted by Crippen LogP contribution is 2.31. The van der Waals surface area contributed by atoms with Crippen LogP contribution in [-0.4, -0.2) is 32.9 Å². The fraction of sp³-hybridized carbons (Fsp3) is 0.923. The molecule has 0 aliphatic heterocycles. The lowest BCUT2D eigenvalue weighted by Gasteiger charge is -2.30. The van der Waals surface area contributed by atoms with Gasteiger partial charge in [0, 0.05) is 0 Å². The van der Waals surface area contributed by atoms with E-state index >= 15 is 0 Å². The zero-order chi connectivity index (χ0) is 14.7. The monoisotopic (exact) mass is 292 g/mol. The van der Waals surface area contributed by atoms with Crippen molar-refractivity contribution < 1.29 is 22.1 Å². The van der Waals surface area contributed by atoms with Gasteiger partial charge in [0.25, 0.3) is 10.1 Å². The first kappa shape index (κ1) is 16.4. The van der Waals surface area contributed by atoms with Crippen LogP contribution in [0.5, 0.6) is 0 Å². The molecule has 1 aliphatic carbocycles. The van der Waals surface area contributed by atoms with E-state index in [9.17, 15) is 13.2 Å². The van der Waals surface area contributed by atoms with Gasteiger partial charge in [0.1, 0.15) is 5.60 Å². The van der Waals surface area contributed by atoms with Gasteiger partial charge >= 0.3 is 5.97 Å². The normalized spacial score (nSPS) is 25.1. The maximum absolute atomic E-state index is 12.0. The van der Waals surface area contributed by atoms with Crippen LogP contribution in [0.15, 0.2) is 0 Å². The highest BCUT2D eigenvalue weighted by molar-refractivity contribution is 7.85. The minimum Gasteiger partial charge on any atom is -0.460 e. The molecule has 0 heterocycles. The summed E-state index contributed by atoms with van der Waals surface area (Å²) in [6.07, 6.45) is 4.30. The molecule has 6 heteroatoms. The maximum atomic E-state index is 12.0. The lowest BCUT2D eigenvalue weighted by molar-refractivity contribution is -0.161. The molecule has 0 aromatic rings. The van der Waals surface area contributed by atoms with Gasteiger partial charge in [-0.05, 0) is 46.0 Å². The van der Waals surface area contributed by atoms with E-state index in [1.165, 1.54) is 0 Å². The van der Waals surface area contributed by atoms with Crippen molar-refractivity contribution in [1.29, 1.82) is 0 Å². The lowest BCUT2D eigenvalue weighted by Crippen LogP contribution is -2.32. The topological polar surface area (TPSA) is 69.7 Å². The molecule has 0 N–H and O–H groups in total. The van der Waals surface area contributed by atoms with Gasteiger partial charge in [-0.2, -0.15) is 8.42 Å². The molecule has 1 rings (SSSR count). The third-order valence-electron chi connectivity index (χ3n) is 3.04. The molecule has 2 unspecified atom stereocenters. The summed E-state index contributed by atoms with van der Waals surface area (Å²) in [5, 5.41) is 0. The Bertz CT molecular complexity index is 407. The molecule has 1 fully saturated rings. The number of hydrogen-bond donors (Lipinski definition) is 0. The first-order chi connectivity index (χ1) is 8.57. The molecule has 0 radical (unpaired) electrons. The Hall–Kier alpha value is -0.620. The minimum absolute atomic E-state index is 0.112. The van der Waals surface area contributed by atoms with E-state index in [1.807, 2.05) is 20.8 Å². The van der Waals surface area contributed by atoms with Gasteiger partial charge in [-0.15, -0.1) is 0 Å². The molecule has 5 nitrogen and oxygen atoms in total. The number of esters is 1. The first-order valence-electron chi connectivity index (χ1n) is 6.64. The first-order valence-corrected chi connectivity index (χ1v) is 8.46. The summed E-state index contributed by atoms with van der Waals surface area (Å²) in [5.74, 6) is -0.210. The molecular weight excluding hydrogens is 268 g/mol. The second kappa shape index (κ2) is 6.22. The molecule has 1 saturated carbocycles. The molecule has 0 spiro atoms. The summed E-state index contributed by atoms with van der Waals surface area (Å²) in [6.45, 7) is 5.70. The number of hydrogen-bond acceptors (Lipinski definition) is 5. The van der Waals surface area contributed by atoms with Gasteiger partial charge in [-0.3, -0.25) is 8.98 Å². The summed E-state index contributed by atoms with van der Waals surface area (Å²) in [4.78, 5) is 12.0. The van der Waals surface area contributed by atoms with Gasteiger partial charge in [-0.25, -0.2) is 0 Å². The van der Waals surface area contributed by atoms with Gasteiger partial charge in [0.2, 0.25) is 0 Å². The molecule has 0 bridgehead atoms. The Morgan fingerprint density at radius 3 is 2.42 bits per heavy atom. The van der Waals surface area contributed by atoms with Crippen molar-refractivity contribution in [2.75, 3.05) is 12.9 Å². The SMILES string of the molecule is CC(C)(C)OC(=O)C1CCCC(COS(C)(=O)=O)C1. The van der Waals surface area contributed by atoms with Crippen LogP contribution in [0.1, 0.15) is 46.5 Å². The molecule has 0 amide bonds. The van der Waals surface area contributed by atoms with Crippen LogP contribution < -0.4 is 0 Å². The number of rotatable bonds is 4. The van der Waals surface area contributed by atoms with Crippen molar-refractivity contribution in [2.24, 2.45) is 11.8 Å². The van der Waals surface area contributed by atoms with E-state index in [2.05, 4.69) is 0 Å². The third kappa shape index (κ3) is 6.92. The summed E-state index contributed by atoms with van der Waals surface area (Å²) < 4.78 is 32.1. The van der Waals surface area contributed by atoms with E-state index < -0.39 is 15.7 Å². The fourth-order valence-corrected chi connectivity index (χ4v) is 2.70. The molecular formula is C13H24O5S. The van der Waals surface area contributed by atoms with Crippen LogP contribution >= 0.6 is 0 Å². The van der Waals surface area contributed by atoms with Gasteiger partial charge in [0.15, 0.2) is 0 Å². The second-order valence-corrected chi connectivity index (χ2v) is 7.90. The summed E-state index contributed by atoms with van der Waals surface area (Å²) in [6, 6.07) is 0. The molecule has 2 atom stereocenters. The van der Waals surface area contributed by atoms with E-state index in [1.54, 1.807) is 0 Å². The lowest BCUT2D eigenvalue weighted by atomic mass is 9.82. The Kier molecular flexibility index (Phi) is 5.38. The second-order valence-electron chi connectivity index (χ2n) is 6.25. The van der Waals surface area contributed by atoms with E-state index in [0.29, 0.717) is 6.42 Å². The van der Waals surface area contributed by atoms with Crippen LogP contribution in [-0.2, 0) is 23.8 Å². The van der Waals surface area contributed by atoms with Crippen LogP contribution in [0.25, 0.3) is 0 Å². The minimum atomic E-state index is -3.41. The van der Waals surface area contributed by atoms with Gasteiger partial charge in [-0.1, -0.05) is 6.42 Å². The Morgan fingerprint density at radius 1 is 1.26 bits per heavy atom. The van der Waals surface area contributed by atoms with Crippen LogP contribution in [0.3, 0.4) is 0 Å². The van der Waals surface area contributed by atoms with Crippen molar-refractivity contribution in [2.45, 2.75) is 52.1 Å². The van der Waals surface area contributed by atoms with Crippen molar-refractivity contribution in [3.63, 3.8) is 0 Å². The molecule has 0 saturated heterocycles. The van der Waals surface area contributed by atoms with Crippen molar-refractivity contribution in [1.82, 2.24) is 0 Å². The molecule has 19 heavy (non-hydrogen) atoms. The van der Waals surface area contributed by atoms with Gasteiger partial charge in [0.05, 0.1) is 18.8 Å². The van der Waals surface area contributed by atoms with Crippen LogP contribution in [0, 0.1) is 11.8 Å². The van der Waals surface area contributed by atoms with Crippen molar-refractivity contribution in [3.8, 4) is 0 Å². The van der Waals surface area contributed by atoms with E-state index in [0.717, 1.165) is 25.5 Å². The Morgan fingerprint density at radius 2 is 1.89 bits per heavy atom. The number of carbonyl (C=O) groups is 1. The smallest absolute Gasteiger partial charge is 0.309 e. The average molecular weight is 292 g/mol. The number of ether oxygens (including phenoxy) is 1. The zero-order valence-corrected chi connectivity index (χ0v) is 13.0. The third-order valence-corrected chi connectivity index (χ3v) is 3.60. The predicted octanol–water partition coefficient (Wildman–Crippen LogP) is 2.11. The molecule has 0 aromatic carbocycles. The standard InChI is InChI=1S/C13H24O5S/c1-13(2,3)18-12(14)11-7-5-6-10(8-11)9-17-19(4,15)16/h10-11H,5-9H2,1-4H3. The highest BCUT2D eigenvalue weighted by atomic mass is 32.2. The van der Waals surface area contributed by atoms with Gasteiger partial charge < -0.3 is 4.74 Å². The molecule has 1 aliphatic rings. The van der Waals surface area contributed by atoms with E-state index in [4.69, 9.17) is 8.92 Å². The summed E-state index contributed by atoms with van der Waals surface area (Å²) in [7, 11) is -3.41. The van der Waals surface area contributed by atoms with Crippen LogP contribution in [0.2, 0.25) is 0 Å². The Balaban J connectivity index is 2.48. The molecule has 0 aromatic heterocycles. The quantitative estimate of drug-likeness (QED) is 0.586. The van der Waals surface area contributed by atoms with Crippen molar-refractivity contribution in [3.05, 3.63) is 0 Å². The summed E-state index contributed by atoms with van der Waals surface area (Å²) >= 11 is 0. The predicted molar refractivity (Wildman–Crippen MR) is 72.1 cm³/mol. The Labute approximate surface area is 115 Å². The molecule has 112 valence electrons. The average Bonchev–Trinajstić information content (AvgIpc) is 2.23. The number of carbonyl (C=O) groups excluding carboxylic acids is 1.